The molecule has 0 spiro atoms. The number of amides is 1. The van der Waals surface area contributed by atoms with Gasteiger partial charge in [0.25, 0.3) is 0 Å². The van der Waals surface area contributed by atoms with E-state index >= 15 is 0 Å². The second kappa shape index (κ2) is 4.81. The highest BCUT2D eigenvalue weighted by Crippen LogP contribution is 2.06. The Balaban J connectivity index is 3.90. The Labute approximate surface area is 77.8 Å². The van der Waals surface area contributed by atoms with Crippen LogP contribution in [0.3, 0.4) is 0 Å². The fourth-order valence-electron chi connectivity index (χ4n) is 0.477. The average molecular weight is 188 g/mol. The second-order valence-electron chi connectivity index (χ2n) is 3.62. The molecule has 0 aliphatic carbocycles. The van der Waals surface area contributed by atoms with E-state index in [1.807, 2.05) is 0 Å². The Morgan fingerprint density at radius 1 is 1.54 bits per heavy atom. The SMILES string of the molecule is CC(CO)=NNC(=O)OC(C)(C)C. The van der Waals surface area contributed by atoms with Crippen molar-refractivity contribution in [3.63, 3.8) is 0 Å². The van der Waals surface area contributed by atoms with E-state index in [0.717, 1.165) is 0 Å². The maximum atomic E-state index is 11.0. The van der Waals surface area contributed by atoms with E-state index in [2.05, 4.69) is 10.5 Å². The van der Waals surface area contributed by atoms with Gasteiger partial charge in [-0.15, -0.1) is 0 Å². The molecule has 0 saturated heterocycles. The largest absolute Gasteiger partial charge is 0.443 e. The molecule has 0 fully saturated rings. The number of aliphatic hydroxyl groups excluding tert-OH is 1. The lowest BCUT2D eigenvalue weighted by atomic mass is 10.2. The molecule has 0 atom stereocenters. The average Bonchev–Trinajstić information content (AvgIpc) is 1.97. The number of rotatable bonds is 2. The van der Waals surface area contributed by atoms with Crippen LogP contribution in [-0.2, 0) is 4.74 Å². The summed E-state index contributed by atoms with van der Waals surface area (Å²) in [6.45, 7) is 6.69. The van der Waals surface area contributed by atoms with Gasteiger partial charge in [-0.1, -0.05) is 0 Å². The highest BCUT2D eigenvalue weighted by Gasteiger charge is 2.15. The van der Waals surface area contributed by atoms with Crippen LogP contribution >= 0.6 is 0 Å². The quantitative estimate of drug-likeness (QED) is 0.499. The molecule has 13 heavy (non-hydrogen) atoms. The Kier molecular flexibility index (Phi) is 4.40. The van der Waals surface area contributed by atoms with E-state index in [4.69, 9.17) is 9.84 Å². The summed E-state index contributed by atoms with van der Waals surface area (Å²) in [5.74, 6) is 0. The first kappa shape index (κ1) is 11.9. The van der Waals surface area contributed by atoms with Gasteiger partial charge in [0.2, 0.25) is 0 Å². The molecule has 0 aromatic carbocycles. The zero-order valence-electron chi connectivity index (χ0n) is 8.42. The molecule has 0 radical (unpaired) electrons. The van der Waals surface area contributed by atoms with E-state index in [0.29, 0.717) is 5.71 Å². The molecule has 5 nitrogen and oxygen atoms in total. The van der Waals surface area contributed by atoms with Crippen molar-refractivity contribution in [2.45, 2.75) is 33.3 Å². The van der Waals surface area contributed by atoms with Crippen molar-refractivity contribution in [3.05, 3.63) is 0 Å². The van der Waals surface area contributed by atoms with Gasteiger partial charge in [-0.05, 0) is 27.7 Å². The minimum atomic E-state index is -0.625. The highest BCUT2D eigenvalue weighted by atomic mass is 16.6. The number of hydrogen-bond donors (Lipinski definition) is 2. The minimum Gasteiger partial charge on any atom is -0.443 e. The Morgan fingerprint density at radius 3 is 2.46 bits per heavy atom. The first-order valence-electron chi connectivity index (χ1n) is 3.98. The lowest BCUT2D eigenvalue weighted by Crippen LogP contribution is -2.30. The van der Waals surface area contributed by atoms with Crippen LogP contribution in [0.2, 0.25) is 0 Å². The lowest BCUT2D eigenvalue weighted by molar-refractivity contribution is 0.0529. The van der Waals surface area contributed by atoms with Gasteiger partial charge in [-0.2, -0.15) is 5.10 Å². The van der Waals surface area contributed by atoms with E-state index in [1.165, 1.54) is 0 Å². The zero-order chi connectivity index (χ0) is 10.5. The van der Waals surface area contributed by atoms with Gasteiger partial charge < -0.3 is 9.84 Å². The molecular formula is C8H16N2O3. The topological polar surface area (TPSA) is 70.9 Å². The summed E-state index contributed by atoms with van der Waals surface area (Å²) < 4.78 is 4.89. The third-order valence-corrected chi connectivity index (χ3v) is 0.966. The molecule has 5 heteroatoms. The maximum absolute atomic E-state index is 11.0. The van der Waals surface area contributed by atoms with E-state index in [9.17, 15) is 4.79 Å². The molecule has 0 aromatic heterocycles. The third-order valence-electron chi connectivity index (χ3n) is 0.966. The predicted octanol–water partition coefficient (Wildman–Crippen LogP) is 0.879. The normalized spacial score (nSPS) is 12.5. The number of hydrogen-bond acceptors (Lipinski definition) is 4. The summed E-state index contributed by atoms with van der Waals surface area (Å²) in [6.07, 6.45) is -0.625. The molecule has 0 unspecified atom stereocenters. The number of carbonyl (C=O) groups is 1. The standard InChI is InChI=1S/C8H16N2O3/c1-6(5-11)9-10-7(12)13-8(2,3)4/h11H,5H2,1-4H3,(H,10,12). The maximum Gasteiger partial charge on any atom is 0.428 e. The van der Waals surface area contributed by atoms with Gasteiger partial charge in [0.15, 0.2) is 0 Å². The van der Waals surface area contributed by atoms with Crippen molar-refractivity contribution >= 4 is 11.8 Å². The summed E-state index contributed by atoms with van der Waals surface area (Å²) in [5.41, 5.74) is 2.04. The fourth-order valence-corrected chi connectivity index (χ4v) is 0.477. The molecule has 76 valence electrons. The molecule has 0 heterocycles. The van der Waals surface area contributed by atoms with Crippen LogP contribution in [0.15, 0.2) is 5.10 Å². The summed E-state index contributed by atoms with van der Waals surface area (Å²) in [6, 6.07) is 0. The van der Waals surface area contributed by atoms with Crippen molar-refractivity contribution in [2.24, 2.45) is 5.10 Å². The molecule has 0 aliphatic rings. The van der Waals surface area contributed by atoms with Crippen molar-refractivity contribution in [1.82, 2.24) is 5.43 Å². The molecular weight excluding hydrogens is 172 g/mol. The first-order chi connectivity index (χ1) is 5.85. The first-order valence-corrected chi connectivity index (χ1v) is 3.98. The number of nitrogens with zero attached hydrogens (tertiary/aromatic N) is 1. The number of aliphatic hydroxyl groups is 1. The van der Waals surface area contributed by atoms with Crippen LogP contribution < -0.4 is 5.43 Å². The Morgan fingerprint density at radius 2 is 2.08 bits per heavy atom. The van der Waals surface area contributed by atoms with Crippen LogP contribution in [0.4, 0.5) is 4.79 Å². The number of hydrazone groups is 1. The van der Waals surface area contributed by atoms with Gasteiger partial charge in [0.05, 0.1) is 12.3 Å². The van der Waals surface area contributed by atoms with Crippen LogP contribution in [0.25, 0.3) is 0 Å². The fraction of sp³-hybridized carbons (Fsp3) is 0.750. The molecule has 0 rings (SSSR count). The monoisotopic (exact) mass is 188 g/mol. The van der Waals surface area contributed by atoms with Gasteiger partial charge >= 0.3 is 6.09 Å². The molecule has 0 bridgehead atoms. The van der Waals surface area contributed by atoms with Crippen LogP contribution in [0, 0.1) is 0 Å². The number of ether oxygens (including phenoxy) is 1. The molecule has 0 aliphatic heterocycles. The van der Waals surface area contributed by atoms with Crippen molar-refractivity contribution in [2.75, 3.05) is 6.61 Å². The molecule has 0 saturated carbocycles. The van der Waals surface area contributed by atoms with E-state index < -0.39 is 11.7 Å². The molecule has 2 N–H and O–H groups in total. The lowest BCUT2D eigenvalue weighted by Gasteiger charge is -2.18. The third kappa shape index (κ3) is 7.27. The highest BCUT2D eigenvalue weighted by molar-refractivity contribution is 5.84. The van der Waals surface area contributed by atoms with Crippen molar-refractivity contribution in [1.29, 1.82) is 0 Å². The number of nitrogens with one attached hydrogen (secondary N) is 1. The van der Waals surface area contributed by atoms with Gasteiger partial charge in [0.1, 0.15) is 5.60 Å². The summed E-state index contributed by atoms with van der Waals surface area (Å²) in [7, 11) is 0. The van der Waals surface area contributed by atoms with Gasteiger partial charge in [-0.25, -0.2) is 10.2 Å². The van der Waals surface area contributed by atoms with Crippen molar-refractivity contribution < 1.29 is 14.6 Å². The second-order valence-corrected chi connectivity index (χ2v) is 3.62. The van der Waals surface area contributed by atoms with Crippen LogP contribution in [-0.4, -0.2) is 29.1 Å². The molecule has 0 aromatic rings. The smallest absolute Gasteiger partial charge is 0.428 e. The Bertz CT molecular complexity index is 206. The van der Waals surface area contributed by atoms with E-state index in [-0.39, 0.29) is 6.61 Å². The Hall–Kier alpha value is -1.10. The van der Waals surface area contributed by atoms with Crippen LogP contribution in [0.5, 0.6) is 0 Å². The summed E-state index contributed by atoms with van der Waals surface area (Å²) >= 11 is 0. The van der Waals surface area contributed by atoms with Crippen molar-refractivity contribution in [3.8, 4) is 0 Å². The van der Waals surface area contributed by atoms with Gasteiger partial charge in [-0.3, -0.25) is 0 Å². The zero-order valence-corrected chi connectivity index (χ0v) is 8.42. The summed E-state index contributed by atoms with van der Waals surface area (Å²) in [5, 5.41) is 12.1. The predicted molar refractivity (Wildman–Crippen MR) is 49.6 cm³/mol. The van der Waals surface area contributed by atoms with Crippen LogP contribution in [0.1, 0.15) is 27.7 Å². The summed E-state index contributed by atoms with van der Waals surface area (Å²) in [4.78, 5) is 11.0. The van der Waals surface area contributed by atoms with Gasteiger partial charge in [0, 0.05) is 0 Å². The number of carbonyl (C=O) groups excluding carboxylic acids is 1. The van der Waals surface area contributed by atoms with E-state index in [1.54, 1.807) is 27.7 Å². The minimum absolute atomic E-state index is 0.185. The molecule has 1 amide bonds.